The van der Waals surface area contributed by atoms with E-state index in [4.69, 9.17) is 10.00 Å². The molecule has 0 spiro atoms. The molecule has 0 unspecified atom stereocenters. The zero-order chi connectivity index (χ0) is 14.2. The molecule has 1 amide bonds. The molecule has 1 N–H and O–H groups in total. The Hall–Kier alpha value is -2.80. The molecule has 0 aliphatic carbocycles. The second kappa shape index (κ2) is 6.95. The summed E-state index contributed by atoms with van der Waals surface area (Å²) in [5.41, 5.74) is 1.18. The molecular formula is C16H14N2O2. The Bertz CT molecular complexity index is 618. The van der Waals surface area contributed by atoms with Gasteiger partial charge in [-0.2, -0.15) is 5.26 Å². The zero-order valence-corrected chi connectivity index (χ0v) is 10.9. The van der Waals surface area contributed by atoms with Gasteiger partial charge in [-0.25, -0.2) is 0 Å². The lowest BCUT2D eigenvalue weighted by Crippen LogP contribution is -2.13. The fourth-order valence-electron chi connectivity index (χ4n) is 1.71. The summed E-state index contributed by atoms with van der Waals surface area (Å²) in [7, 11) is 0. The number of benzene rings is 2. The molecule has 20 heavy (non-hydrogen) atoms. The number of carbonyl (C=O) groups excluding carboxylic acids is 1. The highest BCUT2D eigenvalue weighted by atomic mass is 16.5. The summed E-state index contributed by atoms with van der Waals surface area (Å²) in [4.78, 5) is 12.2. The summed E-state index contributed by atoms with van der Waals surface area (Å²) in [5.74, 6) is 0.250. The summed E-state index contributed by atoms with van der Waals surface area (Å²) in [6.07, 6.45) is 0.286. The maximum absolute atomic E-state index is 12.2. The molecule has 100 valence electrons. The fourth-order valence-corrected chi connectivity index (χ4v) is 1.71. The number of amides is 1. The molecule has 0 aliphatic rings. The molecular weight excluding hydrogens is 252 g/mol. The number of anilines is 1. The Kier molecular flexibility index (Phi) is 4.74. The molecule has 2 aromatic carbocycles. The smallest absolute Gasteiger partial charge is 0.259 e. The van der Waals surface area contributed by atoms with E-state index >= 15 is 0 Å². The Morgan fingerprint density at radius 2 is 1.80 bits per heavy atom. The van der Waals surface area contributed by atoms with Gasteiger partial charge in [0.2, 0.25) is 0 Å². The van der Waals surface area contributed by atoms with Crippen LogP contribution < -0.4 is 10.1 Å². The van der Waals surface area contributed by atoms with Crippen molar-refractivity contribution in [2.75, 3.05) is 11.9 Å². The van der Waals surface area contributed by atoms with Crippen LogP contribution >= 0.6 is 0 Å². The third-order valence-electron chi connectivity index (χ3n) is 2.63. The molecule has 2 aromatic rings. The molecule has 0 radical (unpaired) electrons. The Balaban J connectivity index is 2.11. The van der Waals surface area contributed by atoms with Crippen LogP contribution in [0.15, 0.2) is 54.6 Å². The van der Waals surface area contributed by atoms with E-state index in [1.54, 1.807) is 24.3 Å². The average Bonchev–Trinajstić information content (AvgIpc) is 2.49. The predicted octanol–water partition coefficient (Wildman–Crippen LogP) is 3.23. The van der Waals surface area contributed by atoms with Gasteiger partial charge in [0.1, 0.15) is 12.4 Å². The van der Waals surface area contributed by atoms with Crippen molar-refractivity contribution in [1.29, 1.82) is 5.26 Å². The largest absolute Gasteiger partial charge is 0.492 e. The van der Waals surface area contributed by atoms with Crippen LogP contribution in [0.4, 0.5) is 5.69 Å². The first-order valence-corrected chi connectivity index (χ1v) is 6.26. The molecule has 0 atom stereocenters. The van der Waals surface area contributed by atoms with Crippen LogP contribution in [-0.4, -0.2) is 12.5 Å². The van der Waals surface area contributed by atoms with E-state index in [1.807, 2.05) is 36.4 Å². The minimum Gasteiger partial charge on any atom is -0.492 e. The van der Waals surface area contributed by atoms with Gasteiger partial charge in [0, 0.05) is 5.69 Å². The molecule has 4 heteroatoms. The number of nitriles is 1. The first kappa shape index (κ1) is 13.6. The van der Waals surface area contributed by atoms with Crippen molar-refractivity contribution >= 4 is 11.6 Å². The Morgan fingerprint density at radius 1 is 1.10 bits per heavy atom. The highest BCUT2D eigenvalue weighted by Gasteiger charge is 2.11. The number of hydrogen-bond donors (Lipinski definition) is 1. The van der Waals surface area contributed by atoms with Crippen LogP contribution in [0.3, 0.4) is 0 Å². The highest BCUT2D eigenvalue weighted by molar-refractivity contribution is 6.06. The number of para-hydroxylation sites is 2. The van der Waals surface area contributed by atoms with Crippen molar-refractivity contribution in [3.05, 3.63) is 60.2 Å². The summed E-state index contributed by atoms with van der Waals surface area (Å²) < 4.78 is 5.45. The van der Waals surface area contributed by atoms with Gasteiger partial charge in [0.15, 0.2) is 0 Å². The quantitative estimate of drug-likeness (QED) is 0.845. The van der Waals surface area contributed by atoms with E-state index in [0.717, 1.165) is 5.69 Å². The molecule has 0 aliphatic heterocycles. The van der Waals surface area contributed by atoms with E-state index in [-0.39, 0.29) is 18.9 Å². The average molecular weight is 266 g/mol. The van der Waals surface area contributed by atoms with Gasteiger partial charge in [-0.3, -0.25) is 4.79 Å². The maximum atomic E-state index is 12.2. The van der Waals surface area contributed by atoms with Crippen LogP contribution in [0.5, 0.6) is 5.75 Å². The normalized spacial score (nSPS) is 9.55. The van der Waals surface area contributed by atoms with Crippen LogP contribution in [0.2, 0.25) is 0 Å². The lowest BCUT2D eigenvalue weighted by atomic mass is 10.2. The van der Waals surface area contributed by atoms with Crippen molar-refractivity contribution < 1.29 is 9.53 Å². The van der Waals surface area contributed by atoms with E-state index in [9.17, 15) is 4.79 Å². The first-order valence-electron chi connectivity index (χ1n) is 6.26. The van der Waals surface area contributed by atoms with Crippen molar-refractivity contribution in [3.8, 4) is 11.8 Å². The third-order valence-corrected chi connectivity index (χ3v) is 2.63. The molecule has 0 bridgehead atoms. The Morgan fingerprint density at radius 3 is 2.55 bits per heavy atom. The zero-order valence-electron chi connectivity index (χ0n) is 10.9. The minimum absolute atomic E-state index is 0.233. The summed E-state index contributed by atoms with van der Waals surface area (Å²) in [6, 6.07) is 18.2. The van der Waals surface area contributed by atoms with Gasteiger partial charge >= 0.3 is 0 Å². The van der Waals surface area contributed by atoms with Crippen LogP contribution in [0.1, 0.15) is 16.8 Å². The number of hydrogen-bond acceptors (Lipinski definition) is 3. The minimum atomic E-state index is -0.233. The number of nitrogens with zero attached hydrogens (tertiary/aromatic N) is 1. The standard InChI is InChI=1S/C16H14N2O2/c17-11-6-12-20-15-10-5-4-9-14(15)16(19)18-13-7-2-1-3-8-13/h1-5,7-10H,6,12H2,(H,18,19). The maximum Gasteiger partial charge on any atom is 0.259 e. The van der Waals surface area contributed by atoms with E-state index in [1.165, 1.54) is 0 Å². The van der Waals surface area contributed by atoms with Crippen LogP contribution in [-0.2, 0) is 0 Å². The molecule has 0 aromatic heterocycles. The van der Waals surface area contributed by atoms with E-state index < -0.39 is 0 Å². The topological polar surface area (TPSA) is 62.1 Å². The molecule has 0 saturated carbocycles. The van der Waals surface area contributed by atoms with Gasteiger partial charge in [0.25, 0.3) is 5.91 Å². The number of nitrogens with one attached hydrogen (secondary N) is 1. The number of ether oxygens (including phenoxy) is 1. The number of rotatable bonds is 5. The second-order valence-corrected chi connectivity index (χ2v) is 4.07. The van der Waals surface area contributed by atoms with Crippen molar-refractivity contribution in [2.24, 2.45) is 0 Å². The molecule has 0 fully saturated rings. The van der Waals surface area contributed by atoms with Crippen LogP contribution in [0.25, 0.3) is 0 Å². The SMILES string of the molecule is N#CCCOc1ccccc1C(=O)Nc1ccccc1. The molecule has 0 saturated heterocycles. The molecule has 2 rings (SSSR count). The van der Waals surface area contributed by atoms with Gasteiger partial charge in [-0.1, -0.05) is 30.3 Å². The van der Waals surface area contributed by atoms with Crippen LogP contribution in [0, 0.1) is 11.3 Å². The summed E-state index contributed by atoms with van der Waals surface area (Å²) >= 11 is 0. The second-order valence-electron chi connectivity index (χ2n) is 4.07. The summed E-state index contributed by atoms with van der Waals surface area (Å²) in [5, 5.41) is 11.3. The van der Waals surface area contributed by atoms with Gasteiger partial charge in [-0.15, -0.1) is 0 Å². The lowest BCUT2D eigenvalue weighted by molar-refractivity contribution is 0.102. The number of carbonyl (C=O) groups is 1. The van der Waals surface area contributed by atoms with E-state index in [2.05, 4.69) is 5.32 Å². The Labute approximate surface area is 117 Å². The van der Waals surface area contributed by atoms with Crippen molar-refractivity contribution in [3.63, 3.8) is 0 Å². The summed E-state index contributed by atoms with van der Waals surface area (Å²) in [6.45, 7) is 0.270. The van der Waals surface area contributed by atoms with Crippen molar-refractivity contribution in [2.45, 2.75) is 6.42 Å². The first-order chi connectivity index (χ1) is 9.81. The van der Waals surface area contributed by atoms with Gasteiger partial charge in [-0.05, 0) is 24.3 Å². The molecule has 4 nitrogen and oxygen atoms in total. The van der Waals surface area contributed by atoms with E-state index in [0.29, 0.717) is 11.3 Å². The monoisotopic (exact) mass is 266 g/mol. The molecule has 0 heterocycles. The third kappa shape index (κ3) is 3.59. The van der Waals surface area contributed by atoms with Gasteiger partial charge < -0.3 is 10.1 Å². The van der Waals surface area contributed by atoms with Crippen molar-refractivity contribution in [1.82, 2.24) is 0 Å². The fraction of sp³-hybridized carbons (Fsp3) is 0.125. The highest BCUT2D eigenvalue weighted by Crippen LogP contribution is 2.19. The lowest BCUT2D eigenvalue weighted by Gasteiger charge is -2.10. The predicted molar refractivity (Wildman–Crippen MR) is 76.6 cm³/mol. The van der Waals surface area contributed by atoms with Gasteiger partial charge in [0.05, 0.1) is 18.1 Å².